The van der Waals surface area contributed by atoms with E-state index in [4.69, 9.17) is 0 Å². The number of amides is 3. The molecule has 0 aromatic heterocycles. The van der Waals surface area contributed by atoms with E-state index < -0.39 is 28.2 Å². The number of rotatable bonds is 6. The minimum absolute atomic E-state index is 0.0455. The minimum Gasteiger partial charge on any atom is -0.396 e. The Morgan fingerprint density at radius 2 is 1.73 bits per heavy atom. The summed E-state index contributed by atoms with van der Waals surface area (Å²) in [5, 5.41) is 9.06. The lowest BCUT2D eigenvalue weighted by atomic mass is 9.78. The normalized spacial score (nSPS) is 31.4. The molecule has 4 heterocycles. The summed E-state index contributed by atoms with van der Waals surface area (Å²) < 4.78 is -0.791. The number of anilines is 1. The summed E-state index contributed by atoms with van der Waals surface area (Å²) in [6.45, 7) is 7.56. The highest BCUT2D eigenvalue weighted by molar-refractivity contribution is 8.02. The van der Waals surface area contributed by atoms with E-state index in [1.54, 1.807) is 21.6 Å². The largest absolute Gasteiger partial charge is 0.396 e. The van der Waals surface area contributed by atoms with Crippen molar-refractivity contribution in [2.45, 2.75) is 61.6 Å². The molecule has 1 aromatic carbocycles. The first-order chi connectivity index (χ1) is 17.7. The molecule has 37 heavy (non-hydrogen) atoms. The maximum Gasteiger partial charge on any atom is 0.247 e. The van der Waals surface area contributed by atoms with Gasteiger partial charge in [0.25, 0.3) is 0 Å². The zero-order valence-corrected chi connectivity index (χ0v) is 22.7. The van der Waals surface area contributed by atoms with Gasteiger partial charge in [-0.1, -0.05) is 42.5 Å². The minimum atomic E-state index is -0.791. The molecule has 2 saturated heterocycles. The van der Waals surface area contributed by atoms with Crippen molar-refractivity contribution in [2.75, 3.05) is 31.1 Å². The molecule has 0 bridgehead atoms. The number of aliphatic hydroxyl groups is 1. The number of thioether (sulfide) groups is 1. The Morgan fingerprint density at radius 3 is 2.43 bits per heavy atom. The first kappa shape index (κ1) is 26.0. The van der Waals surface area contributed by atoms with Crippen LogP contribution in [-0.4, -0.2) is 80.4 Å². The predicted molar refractivity (Wildman–Crippen MR) is 146 cm³/mol. The van der Waals surface area contributed by atoms with Crippen LogP contribution in [0.15, 0.2) is 54.6 Å². The smallest absolute Gasteiger partial charge is 0.247 e. The number of hydrogen-bond acceptors (Lipinski definition) is 5. The molecule has 1 unspecified atom stereocenters. The zero-order valence-electron chi connectivity index (χ0n) is 21.9. The number of benzene rings is 1. The average Bonchev–Trinajstić information content (AvgIpc) is 3.16. The van der Waals surface area contributed by atoms with Crippen molar-refractivity contribution in [2.24, 2.45) is 11.8 Å². The van der Waals surface area contributed by atoms with Crippen molar-refractivity contribution in [3.63, 3.8) is 0 Å². The molecular formula is C29H37N3O4S. The van der Waals surface area contributed by atoms with Crippen molar-refractivity contribution in [3.8, 4) is 0 Å². The summed E-state index contributed by atoms with van der Waals surface area (Å²) in [7, 11) is 0. The molecule has 4 aliphatic rings. The third-order valence-corrected chi connectivity index (χ3v) is 9.84. The van der Waals surface area contributed by atoms with Crippen LogP contribution >= 0.6 is 11.8 Å². The summed E-state index contributed by atoms with van der Waals surface area (Å²) in [6, 6.07) is 8.95. The molecule has 0 saturated carbocycles. The van der Waals surface area contributed by atoms with Crippen LogP contribution in [-0.2, 0) is 14.4 Å². The van der Waals surface area contributed by atoms with Crippen molar-refractivity contribution in [1.82, 2.24) is 9.80 Å². The summed E-state index contributed by atoms with van der Waals surface area (Å²) >= 11 is 1.62. The molecule has 2 fully saturated rings. The van der Waals surface area contributed by atoms with E-state index in [0.29, 0.717) is 32.5 Å². The first-order valence-electron chi connectivity index (χ1n) is 13.3. The maximum atomic E-state index is 14.2. The van der Waals surface area contributed by atoms with Crippen molar-refractivity contribution >= 4 is 35.2 Å². The molecule has 8 heteroatoms. The molecule has 0 aliphatic carbocycles. The quantitative estimate of drug-likeness (QED) is 0.457. The molecule has 0 radical (unpaired) electrons. The Balaban J connectivity index is 1.56. The highest BCUT2D eigenvalue weighted by atomic mass is 32.2. The van der Waals surface area contributed by atoms with E-state index in [-0.39, 0.29) is 29.6 Å². The number of para-hydroxylation sites is 1. The van der Waals surface area contributed by atoms with Crippen LogP contribution in [0, 0.1) is 11.8 Å². The second kappa shape index (κ2) is 9.95. The van der Waals surface area contributed by atoms with Gasteiger partial charge in [0.05, 0.1) is 16.6 Å². The Labute approximate surface area is 223 Å². The summed E-state index contributed by atoms with van der Waals surface area (Å²) in [4.78, 5) is 48.0. The third kappa shape index (κ3) is 4.32. The van der Waals surface area contributed by atoms with Gasteiger partial charge in [-0.05, 0) is 52.2 Å². The Kier molecular flexibility index (Phi) is 7.00. The van der Waals surface area contributed by atoms with Crippen LogP contribution in [0.25, 0.3) is 0 Å². The highest BCUT2D eigenvalue weighted by Gasteiger charge is 2.71. The van der Waals surface area contributed by atoms with Crippen LogP contribution in [0.1, 0.15) is 40.0 Å². The topological polar surface area (TPSA) is 81.2 Å². The van der Waals surface area contributed by atoms with E-state index in [9.17, 15) is 19.5 Å². The molecule has 4 aliphatic heterocycles. The Morgan fingerprint density at radius 1 is 0.973 bits per heavy atom. The number of carbonyl (C=O) groups is 3. The standard InChI is InChI=1S/C29H37N3O4S/c1-28(2,3)32-18-11-15-29-23(26(35)31(24(29)27(32)36)16-8-5-9-19-33)22-21(37-29)14-10-17-30(25(22)34)20-12-6-4-7-13-20/h4,6-7,10-15,21-24,33H,5,8-9,16-19H2,1-3H3/t21-,22+,23-,24?,29-/m0/s1. The van der Waals surface area contributed by atoms with Gasteiger partial charge in [-0.3, -0.25) is 14.4 Å². The lowest BCUT2D eigenvalue weighted by Gasteiger charge is -2.40. The van der Waals surface area contributed by atoms with Crippen molar-refractivity contribution in [1.29, 1.82) is 0 Å². The monoisotopic (exact) mass is 523 g/mol. The maximum absolute atomic E-state index is 14.2. The van der Waals surface area contributed by atoms with Gasteiger partial charge in [0.15, 0.2) is 0 Å². The highest BCUT2D eigenvalue weighted by Crippen LogP contribution is 2.61. The fourth-order valence-electron chi connectivity index (χ4n) is 6.39. The predicted octanol–water partition coefficient (Wildman–Crippen LogP) is 3.25. The number of carbonyl (C=O) groups excluding carboxylic acids is 3. The van der Waals surface area contributed by atoms with Crippen LogP contribution in [0.5, 0.6) is 0 Å². The van der Waals surface area contributed by atoms with Gasteiger partial charge < -0.3 is 19.8 Å². The fourth-order valence-corrected chi connectivity index (χ4v) is 8.40. The molecule has 1 aromatic rings. The fraction of sp³-hybridized carbons (Fsp3) is 0.552. The van der Waals surface area contributed by atoms with Gasteiger partial charge in [-0.2, -0.15) is 0 Å². The molecule has 5 rings (SSSR count). The van der Waals surface area contributed by atoms with E-state index in [2.05, 4.69) is 12.2 Å². The summed E-state index contributed by atoms with van der Waals surface area (Å²) in [5.41, 5.74) is 0.419. The van der Waals surface area contributed by atoms with Gasteiger partial charge in [0, 0.05) is 42.7 Å². The molecule has 3 amide bonds. The van der Waals surface area contributed by atoms with E-state index in [0.717, 1.165) is 12.1 Å². The average molecular weight is 524 g/mol. The van der Waals surface area contributed by atoms with E-state index >= 15 is 0 Å². The van der Waals surface area contributed by atoms with Gasteiger partial charge in [0.1, 0.15) is 6.04 Å². The number of hydrogen-bond donors (Lipinski definition) is 1. The number of fused-ring (bicyclic) bond motifs is 2. The van der Waals surface area contributed by atoms with Gasteiger partial charge in [0.2, 0.25) is 17.7 Å². The van der Waals surface area contributed by atoms with Crippen LogP contribution in [0.3, 0.4) is 0 Å². The number of nitrogens with zero attached hydrogens (tertiary/aromatic N) is 3. The summed E-state index contributed by atoms with van der Waals surface area (Å²) in [5.74, 6) is -1.34. The lowest BCUT2D eigenvalue weighted by Crippen LogP contribution is -2.57. The number of likely N-dealkylation sites (tertiary alicyclic amines) is 1. The second-order valence-electron chi connectivity index (χ2n) is 11.4. The Bertz CT molecular complexity index is 1110. The molecule has 7 nitrogen and oxygen atoms in total. The molecule has 1 spiro atoms. The van der Waals surface area contributed by atoms with Gasteiger partial charge in [-0.15, -0.1) is 11.8 Å². The first-order valence-corrected chi connectivity index (χ1v) is 14.2. The van der Waals surface area contributed by atoms with Crippen LogP contribution in [0.4, 0.5) is 5.69 Å². The van der Waals surface area contributed by atoms with Gasteiger partial charge >= 0.3 is 0 Å². The van der Waals surface area contributed by atoms with Crippen LogP contribution in [0.2, 0.25) is 0 Å². The van der Waals surface area contributed by atoms with E-state index in [1.807, 2.05) is 68.2 Å². The third-order valence-electron chi connectivity index (χ3n) is 8.09. The van der Waals surface area contributed by atoms with E-state index in [1.165, 1.54) is 0 Å². The molecule has 5 atom stereocenters. The zero-order chi connectivity index (χ0) is 26.4. The summed E-state index contributed by atoms with van der Waals surface area (Å²) in [6.07, 6.45) is 10.4. The molecular weight excluding hydrogens is 486 g/mol. The molecule has 1 N–H and O–H groups in total. The van der Waals surface area contributed by atoms with Crippen molar-refractivity contribution in [3.05, 3.63) is 54.6 Å². The molecule has 198 valence electrons. The Hall–Kier alpha value is -2.58. The van der Waals surface area contributed by atoms with Crippen LogP contribution < -0.4 is 4.90 Å². The van der Waals surface area contributed by atoms with Gasteiger partial charge in [-0.25, -0.2) is 0 Å². The number of unbranched alkanes of at least 4 members (excludes halogenated alkanes) is 2. The van der Waals surface area contributed by atoms with Crippen molar-refractivity contribution < 1.29 is 19.5 Å². The second-order valence-corrected chi connectivity index (χ2v) is 12.9. The number of aliphatic hydroxyl groups excluding tert-OH is 1. The lowest BCUT2D eigenvalue weighted by molar-refractivity contribution is -0.145. The SMILES string of the molecule is CC(C)(C)N1CC=C[C@]23S[C@H]4C=CCN(c5ccccc5)C(=O)[C@H]4[C@H]2C(=O)N(CCCCCO)C3C1=O.